The van der Waals surface area contributed by atoms with Crippen molar-refractivity contribution in [2.75, 3.05) is 43.6 Å². The molecule has 0 unspecified atom stereocenters. The molecule has 0 aliphatic carbocycles. The average Bonchev–Trinajstić information content (AvgIpc) is 3.09. The largest absolute Gasteiger partial charge is 0.497 e. The highest BCUT2D eigenvalue weighted by Gasteiger charge is 2.18. The maximum absolute atomic E-state index is 12.9. The summed E-state index contributed by atoms with van der Waals surface area (Å²) >= 11 is 0. The third kappa shape index (κ3) is 4.02. The minimum atomic E-state index is -0.154. The maximum atomic E-state index is 12.9. The van der Waals surface area contributed by atoms with Crippen molar-refractivity contribution in [1.82, 2.24) is 9.55 Å². The number of amides is 1. The summed E-state index contributed by atoms with van der Waals surface area (Å²) in [6.45, 7) is 7.01. The third-order valence-corrected chi connectivity index (χ3v) is 5.33. The number of morpholine rings is 1. The fraction of sp³-hybridized carbons (Fsp3) is 0.304. The average molecular weight is 406 g/mol. The van der Waals surface area contributed by atoms with Crippen LogP contribution in [0.5, 0.6) is 5.75 Å². The van der Waals surface area contributed by atoms with E-state index in [1.54, 1.807) is 13.3 Å². The number of aryl methyl sites for hydroxylation is 1. The van der Waals surface area contributed by atoms with Crippen LogP contribution >= 0.6 is 0 Å². The molecule has 0 spiro atoms. The zero-order valence-corrected chi connectivity index (χ0v) is 17.5. The van der Waals surface area contributed by atoms with E-state index in [9.17, 15) is 4.79 Å². The van der Waals surface area contributed by atoms with Crippen LogP contribution in [0.1, 0.15) is 21.7 Å². The predicted molar refractivity (Wildman–Crippen MR) is 117 cm³/mol. The molecule has 1 aliphatic heterocycles. The number of nitrogens with one attached hydrogen (secondary N) is 1. The van der Waals surface area contributed by atoms with Gasteiger partial charge in [0, 0.05) is 36.2 Å². The molecule has 1 amide bonds. The molecule has 7 heteroatoms. The lowest BCUT2D eigenvalue weighted by molar-refractivity contribution is 0.102. The van der Waals surface area contributed by atoms with E-state index >= 15 is 0 Å². The van der Waals surface area contributed by atoms with Crippen LogP contribution in [0.4, 0.5) is 11.5 Å². The van der Waals surface area contributed by atoms with Crippen molar-refractivity contribution in [1.29, 1.82) is 0 Å². The van der Waals surface area contributed by atoms with Gasteiger partial charge >= 0.3 is 0 Å². The first-order chi connectivity index (χ1) is 14.6. The van der Waals surface area contributed by atoms with Crippen molar-refractivity contribution in [2.24, 2.45) is 0 Å². The number of carbonyl (C=O) groups is 1. The highest BCUT2D eigenvalue weighted by Crippen LogP contribution is 2.24. The number of pyridine rings is 1. The lowest BCUT2D eigenvalue weighted by Crippen LogP contribution is -2.36. The molecule has 3 aromatic rings. The van der Waals surface area contributed by atoms with Gasteiger partial charge in [-0.05, 0) is 44.2 Å². The normalized spacial score (nSPS) is 13.9. The summed E-state index contributed by atoms with van der Waals surface area (Å²) < 4.78 is 12.8. The van der Waals surface area contributed by atoms with Crippen LogP contribution in [0.25, 0.3) is 5.69 Å². The number of hydrogen-bond acceptors (Lipinski definition) is 5. The van der Waals surface area contributed by atoms with E-state index in [1.165, 1.54) is 0 Å². The van der Waals surface area contributed by atoms with Gasteiger partial charge in [-0.15, -0.1) is 0 Å². The molecule has 1 N–H and O–H groups in total. The molecule has 0 atom stereocenters. The second-order valence-electron chi connectivity index (χ2n) is 7.28. The van der Waals surface area contributed by atoms with Crippen LogP contribution in [0.2, 0.25) is 0 Å². The Morgan fingerprint density at radius 1 is 1.13 bits per heavy atom. The van der Waals surface area contributed by atoms with E-state index in [4.69, 9.17) is 9.47 Å². The van der Waals surface area contributed by atoms with Crippen LogP contribution < -0.4 is 15.0 Å². The topological polar surface area (TPSA) is 68.6 Å². The zero-order chi connectivity index (χ0) is 21.1. The third-order valence-electron chi connectivity index (χ3n) is 5.33. The Balaban J connectivity index is 1.52. The maximum Gasteiger partial charge on any atom is 0.257 e. The number of benzene rings is 1. The molecule has 7 nitrogen and oxygen atoms in total. The Bertz CT molecular complexity index is 1040. The van der Waals surface area contributed by atoms with Gasteiger partial charge in [0.25, 0.3) is 5.91 Å². The van der Waals surface area contributed by atoms with E-state index in [-0.39, 0.29) is 5.91 Å². The van der Waals surface area contributed by atoms with E-state index in [0.29, 0.717) is 24.5 Å². The van der Waals surface area contributed by atoms with E-state index in [2.05, 4.69) is 19.8 Å². The lowest BCUT2D eigenvalue weighted by Gasteiger charge is -2.27. The number of aromatic nitrogens is 2. The second kappa shape index (κ2) is 8.59. The summed E-state index contributed by atoms with van der Waals surface area (Å²) in [7, 11) is 1.64. The fourth-order valence-electron chi connectivity index (χ4n) is 3.78. The van der Waals surface area contributed by atoms with Crippen LogP contribution in [-0.2, 0) is 4.74 Å². The molecule has 0 saturated carbocycles. The summed E-state index contributed by atoms with van der Waals surface area (Å²) in [6, 6.07) is 13.5. The minimum absolute atomic E-state index is 0.154. The SMILES string of the molecule is COc1cccc(-n2c(C)cc(C(=O)Nc3ccc(N4CCOCC4)nc3)c2C)c1. The number of anilines is 2. The smallest absolute Gasteiger partial charge is 0.257 e. The van der Waals surface area contributed by atoms with Crippen LogP contribution in [-0.4, -0.2) is 48.9 Å². The van der Waals surface area contributed by atoms with Crippen LogP contribution in [0, 0.1) is 13.8 Å². The molecule has 3 heterocycles. The van der Waals surface area contributed by atoms with Gasteiger partial charge in [0.15, 0.2) is 0 Å². The first kappa shape index (κ1) is 20.0. The number of nitrogens with zero attached hydrogens (tertiary/aromatic N) is 3. The second-order valence-corrected chi connectivity index (χ2v) is 7.28. The summed E-state index contributed by atoms with van der Waals surface area (Å²) in [5.74, 6) is 1.52. The molecule has 0 radical (unpaired) electrons. The Labute approximate surface area is 176 Å². The molecule has 156 valence electrons. The van der Waals surface area contributed by atoms with Crippen molar-refractivity contribution < 1.29 is 14.3 Å². The predicted octanol–water partition coefficient (Wildman–Crippen LogP) is 3.59. The first-order valence-corrected chi connectivity index (χ1v) is 10.0. The Hall–Kier alpha value is -3.32. The summed E-state index contributed by atoms with van der Waals surface area (Å²) in [6.07, 6.45) is 1.70. The standard InChI is InChI=1S/C23H26N4O3/c1-16-13-21(17(2)27(16)19-5-4-6-20(14-19)29-3)23(28)25-18-7-8-22(24-15-18)26-9-11-30-12-10-26/h4-8,13-15H,9-12H2,1-3H3,(H,25,28). The lowest BCUT2D eigenvalue weighted by atomic mass is 10.2. The molecule has 1 fully saturated rings. The van der Waals surface area contributed by atoms with Crippen molar-refractivity contribution in [3.8, 4) is 11.4 Å². The van der Waals surface area contributed by atoms with Gasteiger partial charge in [-0.1, -0.05) is 6.07 Å². The Morgan fingerprint density at radius 2 is 1.93 bits per heavy atom. The number of carbonyl (C=O) groups excluding carboxylic acids is 1. The minimum Gasteiger partial charge on any atom is -0.497 e. The Kier molecular flexibility index (Phi) is 5.72. The van der Waals surface area contributed by atoms with Crippen LogP contribution in [0.3, 0.4) is 0 Å². The molecule has 1 saturated heterocycles. The summed E-state index contributed by atoms with van der Waals surface area (Å²) in [5, 5.41) is 2.96. The van der Waals surface area contributed by atoms with Gasteiger partial charge in [-0.3, -0.25) is 4.79 Å². The van der Waals surface area contributed by atoms with Crippen molar-refractivity contribution in [2.45, 2.75) is 13.8 Å². The quantitative estimate of drug-likeness (QED) is 0.701. The van der Waals surface area contributed by atoms with Gasteiger partial charge in [-0.2, -0.15) is 0 Å². The molecular weight excluding hydrogens is 380 g/mol. The Morgan fingerprint density at radius 3 is 2.63 bits per heavy atom. The summed E-state index contributed by atoms with van der Waals surface area (Å²) in [5.41, 5.74) is 4.11. The highest BCUT2D eigenvalue weighted by atomic mass is 16.5. The van der Waals surface area contributed by atoms with Gasteiger partial charge in [0.05, 0.1) is 37.8 Å². The fourth-order valence-corrected chi connectivity index (χ4v) is 3.78. The first-order valence-electron chi connectivity index (χ1n) is 10.0. The molecule has 2 aromatic heterocycles. The highest BCUT2D eigenvalue weighted by molar-refractivity contribution is 6.05. The van der Waals surface area contributed by atoms with Crippen molar-refractivity contribution in [3.63, 3.8) is 0 Å². The number of hydrogen-bond donors (Lipinski definition) is 1. The van der Waals surface area contributed by atoms with Gasteiger partial charge < -0.3 is 24.3 Å². The van der Waals surface area contributed by atoms with Crippen LogP contribution in [0.15, 0.2) is 48.7 Å². The molecule has 1 aliphatic rings. The van der Waals surface area contributed by atoms with Gasteiger partial charge in [0.1, 0.15) is 11.6 Å². The molecule has 0 bridgehead atoms. The molecule has 4 rings (SSSR count). The number of methoxy groups -OCH3 is 1. The van der Waals surface area contributed by atoms with E-state index in [0.717, 1.165) is 41.7 Å². The van der Waals surface area contributed by atoms with Crippen molar-refractivity contribution >= 4 is 17.4 Å². The molecule has 30 heavy (non-hydrogen) atoms. The zero-order valence-electron chi connectivity index (χ0n) is 17.5. The van der Waals surface area contributed by atoms with Gasteiger partial charge in [-0.25, -0.2) is 4.98 Å². The molecular formula is C23H26N4O3. The summed E-state index contributed by atoms with van der Waals surface area (Å²) in [4.78, 5) is 19.6. The van der Waals surface area contributed by atoms with Gasteiger partial charge in [0.2, 0.25) is 0 Å². The monoisotopic (exact) mass is 406 g/mol. The molecule has 1 aromatic carbocycles. The number of rotatable bonds is 5. The van der Waals surface area contributed by atoms with E-state index in [1.807, 2.05) is 56.3 Å². The number of ether oxygens (including phenoxy) is 2. The van der Waals surface area contributed by atoms with Crippen molar-refractivity contribution in [3.05, 3.63) is 65.6 Å². The van der Waals surface area contributed by atoms with E-state index < -0.39 is 0 Å².